The summed E-state index contributed by atoms with van der Waals surface area (Å²) >= 11 is 1.64. The molecule has 0 N–H and O–H groups in total. The third-order valence-corrected chi connectivity index (χ3v) is 6.43. The molecule has 0 bridgehead atoms. The van der Waals surface area contributed by atoms with Gasteiger partial charge >= 0.3 is 6.03 Å². The molecule has 3 amide bonds. The average Bonchev–Trinajstić information content (AvgIpc) is 3.21. The first-order chi connectivity index (χ1) is 12.0. The van der Waals surface area contributed by atoms with Crippen LogP contribution in [0.15, 0.2) is 11.6 Å². The largest absolute Gasteiger partial charge is 0.327 e. The van der Waals surface area contributed by atoms with E-state index in [9.17, 15) is 9.59 Å². The third-order valence-electron chi connectivity index (χ3n) is 5.67. The Bertz CT molecular complexity index is 833. The van der Waals surface area contributed by atoms with Gasteiger partial charge in [0.25, 0.3) is 5.91 Å². The SMILES string of the molecule is CCN1C(=O)N(C)C(=O)C12CCN(Cc1c(C)nc3sccn13)CC2. The normalized spacial score (nSPS) is 21.2. The second kappa shape index (κ2) is 5.81. The number of carbonyl (C=O) groups excluding carboxylic acids is 2. The standard InChI is InChI=1S/C17H23N5O2S/c1-4-22-16(24)19(3)14(23)17(22)5-7-20(8-6-17)11-13-12(2)18-15-21(13)9-10-25-15/h9-10H,4-8,11H2,1-3H3. The molecule has 0 saturated carbocycles. The van der Waals surface area contributed by atoms with Crippen LogP contribution in [0.4, 0.5) is 4.79 Å². The highest BCUT2D eigenvalue weighted by molar-refractivity contribution is 7.15. The van der Waals surface area contributed by atoms with Crippen LogP contribution >= 0.6 is 11.3 Å². The zero-order chi connectivity index (χ0) is 17.8. The van der Waals surface area contributed by atoms with Crippen LogP contribution in [0, 0.1) is 6.92 Å². The number of imide groups is 1. The van der Waals surface area contributed by atoms with Gasteiger partial charge in [0.1, 0.15) is 5.54 Å². The van der Waals surface area contributed by atoms with Gasteiger partial charge in [-0.1, -0.05) is 0 Å². The molecule has 2 aliphatic heterocycles. The van der Waals surface area contributed by atoms with Crippen LogP contribution in [0.3, 0.4) is 0 Å². The van der Waals surface area contributed by atoms with E-state index in [1.165, 1.54) is 10.6 Å². The Morgan fingerprint density at radius 3 is 2.68 bits per heavy atom. The number of carbonyl (C=O) groups is 2. The van der Waals surface area contributed by atoms with Crippen molar-refractivity contribution in [2.75, 3.05) is 26.7 Å². The smallest absolute Gasteiger partial charge is 0.310 e. The zero-order valence-electron chi connectivity index (χ0n) is 14.9. The number of likely N-dealkylation sites (tertiary alicyclic amines) is 1. The molecule has 134 valence electrons. The molecule has 0 aromatic carbocycles. The number of piperidine rings is 1. The van der Waals surface area contributed by atoms with Gasteiger partial charge in [-0.2, -0.15) is 0 Å². The second-order valence-electron chi connectivity index (χ2n) is 6.90. The molecule has 7 nitrogen and oxygen atoms in total. The fourth-order valence-corrected chi connectivity index (χ4v) is 5.00. The van der Waals surface area contributed by atoms with Gasteiger partial charge in [0.15, 0.2) is 4.96 Å². The number of aromatic nitrogens is 2. The van der Waals surface area contributed by atoms with Crippen molar-refractivity contribution >= 4 is 28.2 Å². The van der Waals surface area contributed by atoms with E-state index in [1.807, 2.05) is 19.2 Å². The van der Waals surface area contributed by atoms with Crippen LogP contribution in [-0.4, -0.2) is 68.2 Å². The lowest BCUT2D eigenvalue weighted by Gasteiger charge is -2.41. The number of likely N-dealkylation sites (N-methyl/N-ethyl adjacent to an activating group) is 2. The average molecular weight is 361 g/mol. The maximum absolute atomic E-state index is 12.7. The molecule has 4 heterocycles. The van der Waals surface area contributed by atoms with Crippen LogP contribution in [0.25, 0.3) is 4.96 Å². The molecule has 4 rings (SSSR count). The Kier molecular flexibility index (Phi) is 3.84. The number of amides is 3. The van der Waals surface area contributed by atoms with E-state index in [-0.39, 0.29) is 11.9 Å². The number of hydrogen-bond acceptors (Lipinski definition) is 5. The van der Waals surface area contributed by atoms with Gasteiger partial charge in [-0.15, -0.1) is 11.3 Å². The van der Waals surface area contributed by atoms with Crippen LogP contribution in [-0.2, 0) is 11.3 Å². The van der Waals surface area contributed by atoms with Gasteiger partial charge in [-0.05, 0) is 26.7 Å². The Hall–Kier alpha value is -1.93. The number of imidazole rings is 1. The van der Waals surface area contributed by atoms with Crippen LogP contribution in [0.1, 0.15) is 31.2 Å². The van der Waals surface area contributed by atoms with Crippen LogP contribution < -0.4 is 0 Å². The Morgan fingerprint density at radius 1 is 1.28 bits per heavy atom. The van der Waals surface area contributed by atoms with Crippen LogP contribution in [0.2, 0.25) is 0 Å². The summed E-state index contributed by atoms with van der Waals surface area (Å²) in [5, 5.41) is 2.05. The second-order valence-corrected chi connectivity index (χ2v) is 7.77. The lowest BCUT2D eigenvalue weighted by atomic mass is 9.86. The van der Waals surface area contributed by atoms with Gasteiger partial charge in [-0.3, -0.25) is 19.0 Å². The quantitative estimate of drug-likeness (QED) is 0.784. The Balaban J connectivity index is 1.52. The minimum atomic E-state index is -0.638. The number of fused-ring (bicyclic) bond motifs is 1. The van der Waals surface area contributed by atoms with E-state index in [4.69, 9.17) is 0 Å². The minimum absolute atomic E-state index is 0.0419. The fraction of sp³-hybridized carbons (Fsp3) is 0.588. The number of urea groups is 1. The summed E-state index contributed by atoms with van der Waals surface area (Å²) in [5.74, 6) is -0.0419. The van der Waals surface area contributed by atoms with Gasteiger partial charge in [0.2, 0.25) is 0 Å². The van der Waals surface area contributed by atoms with E-state index in [1.54, 1.807) is 23.3 Å². The van der Waals surface area contributed by atoms with Crippen molar-refractivity contribution in [2.45, 2.75) is 38.8 Å². The molecule has 2 aliphatic rings. The monoisotopic (exact) mass is 361 g/mol. The first kappa shape index (κ1) is 16.5. The summed E-state index contributed by atoms with van der Waals surface area (Å²) in [6, 6.07) is -0.160. The Labute approximate surface area is 150 Å². The Morgan fingerprint density at radius 2 is 2.00 bits per heavy atom. The molecule has 2 aromatic heterocycles. The lowest BCUT2D eigenvalue weighted by molar-refractivity contribution is -0.134. The molecule has 0 atom stereocenters. The third kappa shape index (κ3) is 2.31. The van der Waals surface area contributed by atoms with E-state index >= 15 is 0 Å². The summed E-state index contributed by atoms with van der Waals surface area (Å²) in [6.07, 6.45) is 3.45. The zero-order valence-corrected chi connectivity index (χ0v) is 15.7. The van der Waals surface area contributed by atoms with Crippen molar-refractivity contribution in [3.8, 4) is 0 Å². The number of thiazole rings is 1. The molecule has 0 aliphatic carbocycles. The topological polar surface area (TPSA) is 61.2 Å². The molecule has 0 unspecified atom stereocenters. The highest BCUT2D eigenvalue weighted by atomic mass is 32.1. The first-order valence-electron chi connectivity index (χ1n) is 8.71. The summed E-state index contributed by atoms with van der Waals surface area (Å²) < 4.78 is 2.15. The molecule has 0 radical (unpaired) electrons. The van der Waals surface area contributed by atoms with E-state index < -0.39 is 5.54 Å². The maximum Gasteiger partial charge on any atom is 0.327 e. The van der Waals surface area contributed by atoms with E-state index in [2.05, 4.69) is 20.5 Å². The minimum Gasteiger partial charge on any atom is -0.310 e. The van der Waals surface area contributed by atoms with Crippen LogP contribution in [0.5, 0.6) is 0 Å². The van der Waals surface area contributed by atoms with Gasteiger partial charge in [0.05, 0.1) is 11.4 Å². The predicted molar refractivity (Wildman–Crippen MR) is 95.6 cm³/mol. The number of nitrogens with zero attached hydrogens (tertiary/aromatic N) is 5. The van der Waals surface area contributed by atoms with Gasteiger partial charge in [0, 0.05) is 44.8 Å². The summed E-state index contributed by atoms with van der Waals surface area (Å²) in [7, 11) is 1.59. The molecular weight excluding hydrogens is 338 g/mol. The number of hydrogen-bond donors (Lipinski definition) is 0. The molecule has 2 fully saturated rings. The highest BCUT2D eigenvalue weighted by Gasteiger charge is 2.56. The molecule has 8 heteroatoms. The first-order valence-corrected chi connectivity index (χ1v) is 9.59. The van der Waals surface area contributed by atoms with Crippen molar-refractivity contribution in [3.05, 3.63) is 23.0 Å². The molecule has 1 spiro atoms. The maximum atomic E-state index is 12.7. The van der Waals surface area contributed by atoms with Crippen molar-refractivity contribution in [2.24, 2.45) is 0 Å². The van der Waals surface area contributed by atoms with Crippen molar-refractivity contribution in [3.63, 3.8) is 0 Å². The predicted octanol–water partition coefficient (Wildman–Crippen LogP) is 1.95. The van der Waals surface area contributed by atoms with Gasteiger partial charge < -0.3 is 4.90 Å². The molecule has 2 aromatic rings. The molecule has 2 saturated heterocycles. The number of rotatable bonds is 3. The lowest BCUT2D eigenvalue weighted by Crippen LogP contribution is -2.56. The summed E-state index contributed by atoms with van der Waals surface area (Å²) in [6.45, 7) is 7.01. The highest BCUT2D eigenvalue weighted by Crippen LogP contribution is 2.36. The number of aryl methyl sites for hydroxylation is 1. The van der Waals surface area contributed by atoms with Crippen molar-refractivity contribution in [1.82, 2.24) is 24.1 Å². The summed E-state index contributed by atoms with van der Waals surface area (Å²) in [5.41, 5.74) is 1.64. The van der Waals surface area contributed by atoms with Crippen molar-refractivity contribution < 1.29 is 9.59 Å². The molecular formula is C17H23N5O2S. The fourth-order valence-electron chi connectivity index (χ4n) is 4.22. The van der Waals surface area contributed by atoms with E-state index in [0.717, 1.165) is 30.3 Å². The summed E-state index contributed by atoms with van der Waals surface area (Å²) in [4.78, 5) is 36.1. The van der Waals surface area contributed by atoms with Gasteiger partial charge in [-0.25, -0.2) is 9.78 Å². The molecule has 25 heavy (non-hydrogen) atoms. The van der Waals surface area contributed by atoms with E-state index in [0.29, 0.717) is 19.4 Å². The van der Waals surface area contributed by atoms with Crippen molar-refractivity contribution in [1.29, 1.82) is 0 Å².